The van der Waals surface area contributed by atoms with E-state index in [1.165, 1.54) is 0 Å². The van der Waals surface area contributed by atoms with Crippen LogP contribution in [0.2, 0.25) is 10.0 Å². The summed E-state index contributed by atoms with van der Waals surface area (Å²) in [6, 6.07) is 5.08. The molecule has 0 spiro atoms. The van der Waals surface area contributed by atoms with Crippen molar-refractivity contribution >= 4 is 40.8 Å². The summed E-state index contributed by atoms with van der Waals surface area (Å²) in [4.78, 5) is 11.6. The number of halogens is 3. The molecule has 0 amide bonds. The molecule has 16 heavy (non-hydrogen) atoms. The van der Waals surface area contributed by atoms with Gasteiger partial charge in [0, 0.05) is 5.03 Å². The van der Waals surface area contributed by atoms with Crippen molar-refractivity contribution in [1.82, 2.24) is 0 Å². The highest BCUT2D eigenvalue weighted by molar-refractivity contribution is 6.43. The normalized spacial score (nSPS) is 20.3. The van der Waals surface area contributed by atoms with E-state index in [0.717, 1.165) is 0 Å². The van der Waals surface area contributed by atoms with E-state index in [4.69, 9.17) is 39.5 Å². The summed E-state index contributed by atoms with van der Waals surface area (Å²) in [5.74, 6) is -1.07. The van der Waals surface area contributed by atoms with Crippen molar-refractivity contribution in [2.75, 3.05) is 6.61 Å². The van der Waals surface area contributed by atoms with Crippen LogP contribution in [0.4, 0.5) is 0 Å². The van der Waals surface area contributed by atoms with Crippen LogP contribution in [-0.4, -0.2) is 12.6 Å². The molecule has 5 heteroatoms. The Morgan fingerprint density at radius 1 is 1.25 bits per heavy atom. The number of carbonyl (C=O) groups excluding carboxylic acids is 1. The molecule has 84 valence electrons. The standard InChI is InChI=1S/C11H7Cl3O2/c12-7-4-5-16-11(15)9(7)6-2-1-3-8(13)10(6)14/h1-4,9H,5H2. The molecule has 2 rings (SSSR count). The van der Waals surface area contributed by atoms with E-state index >= 15 is 0 Å². The zero-order valence-electron chi connectivity index (χ0n) is 8.04. The van der Waals surface area contributed by atoms with Crippen molar-refractivity contribution < 1.29 is 9.53 Å². The third-order valence-corrected chi connectivity index (χ3v) is 3.51. The predicted molar refractivity (Wildman–Crippen MR) is 64.1 cm³/mol. The predicted octanol–water partition coefficient (Wildman–Crippen LogP) is 3.76. The molecule has 0 saturated carbocycles. The van der Waals surface area contributed by atoms with Gasteiger partial charge in [-0.3, -0.25) is 4.79 Å². The van der Waals surface area contributed by atoms with Gasteiger partial charge in [-0.05, 0) is 17.7 Å². The molecular formula is C11H7Cl3O2. The molecule has 0 N–H and O–H groups in total. The fourth-order valence-electron chi connectivity index (χ4n) is 1.54. The summed E-state index contributed by atoms with van der Waals surface area (Å²) in [6.07, 6.45) is 1.64. The van der Waals surface area contributed by atoms with Gasteiger partial charge < -0.3 is 4.74 Å². The Morgan fingerprint density at radius 3 is 2.69 bits per heavy atom. The van der Waals surface area contributed by atoms with Gasteiger partial charge in [-0.1, -0.05) is 46.9 Å². The Bertz CT molecular complexity index is 468. The Balaban J connectivity index is 2.50. The number of benzene rings is 1. The van der Waals surface area contributed by atoms with Crippen molar-refractivity contribution in [1.29, 1.82) is 0 Å². The summed E-state index contributed by atoms with van der Waals surface area (Å²) in [5, 5.41) is 1.14. The summed E-state index contributed by atoms with van der Waals surface area (Å²) < 4.78 is 4.91. The summed E-state index contributed by atoms with van der Waals surface area (Å²) in [5.41, 5.74) is 0.570. The van der Waals surface area contributed by atoms with Crippen molar-refractivity contribution in [2.24, 2.45) is 0 Å². The Kier molecular flexibility index (Phi) is 3.43. The van der Waals surface area contributed by atoms with Crippen molar-refractivity contribution in [3.8, 4) is 0 Å². The van der Waals surface area contributed by atoms with Gasteiger partial charge in [0.1, 0.15) is 12.5 Å². The quantitative estimate of drug-likeness (QED) is 0.731. The maximum atomic E-state index is 11.6. The van der Waals surface area contributed by atoms with Crippen LogP contribution in [0.3, 0.4) is 0 Å². The highest BCUT2D eigenvalue weighted by Crippen LogP contribution is 2.37. The highest BCUT2D eigenvalue weighted by Gasteiger charge is 2.30. The van der Waals surface area contributed by atoms with Gasteiger partial charge in [0.25, 0.3) is 0 Å². The Labute approximate surface area is 108 Å². The molecule has 1 heterocycles. The molecule has 0 radical (unpaired) electrons. The van der Waals surface area contributed by atoms with Crippen LogP contribution in [-0.2, 0) is 9.53 Å². The number of carbonyl (C=O) groups is 1. The average molecular weight is 278 g/mol. The van der Waals surface area contributed by atoms with Gasteiger partial charge in [0.05, 0.1) is 10.0 Å². The lowest BCUT2D eigenvalue weighted by Crippen LogP contribution is -2.21. The molecule has 0 fully saturated rings. The molecule has 0 aromatic heterocycles. The second kappa shape index (κ2) is 4.66. The number of ether oxygens (including phenoxy) is 1. The lowest BCUT2D eigenvalue weighted by molar-refractivity contribution is -0.144. The van der Waals surface area contributed by atoms with E-state index in [2.05, 4.69) is 0 Å². The van der Waals surface area contributed by atoms with Gasteiger partial charge >= 0.3 is 5.97 Å². The number of rotatable bonds is 1. The third kappa shape index (κ3) is 2.05. The Morgan fingerprint density at radius 2 is 2.00 bits per heavy atom. The van der Waals surface area contributed by atoms with Crippen LogP contribution in [0, 0.1) is 0 Å². The lowest BCUT2D eigenvalue weighted by atomic mass is 9.97. The first-order valence-corrected chi connectivity index (χ1v) is 5.70. The number of hydrogen-bond acceptors (Lipinski definition) is 2. The summed E-state index contributed by atoms with van der Waals surface area (Å²) in [7, 11) is 0. The summed E-state index contributed by atoms with van der Waals surface area (Å²) >= 11 is 17.9. The molecule has 0 aliphatic carbocycles. The minimum atomic E-state index is -0.665. The van der Waals surface area contributed by atoms with Crippen LogP contribution in [0.1, 0.15) is 11.5 Å². The van der Waals surface area contributed by atoms with Crippen LogP contribution in [0.5, 0.6) is 0 Å². The summed E-state index contributed by atoms with van der Waals surface area (Å²) in [6.45, 7) is 0.201. The van der Waals surface area contributed by atoms with E-state index in [-0.39, 0.29) is 6.61 Å². The van der Waals surface area contributed by atoms with Crippen molar-refractivity contribution in [3.05, 3.63) is 44.9 Å². The van der Waals surface area contributed by atoms with Crippen LogP contribution >= 0.6 is 34.8 Å². The zero-order chi connectivity index (χ0) is 11.7. The van der Waals surface area contributed by atoms with Crippen LogP contribution in [0.15, 0.2) is 29.3 Å². The second-order valence-corrected chi connectivity index (χ2v) is 4.52. The second-order valence-electron chi connectivity index (χ2n) is 3.30. The third-order valence-electron chi connectivity index (χ3n) is 2.31. The molecule has 1 aromatic rings. The van der Waals surface area contributed by atoms with E-state index in [0.29, 0.717) is 20.6 Å². The lowest BCUT2D eigenvalue weighted by Gasteiger charge is -2.20. The van der Waals surface area contributed by atoms with E-state index in [9.17, 15) is 4.79 Å². The van der Waals surface area contributed by atoms with Crippen LogP contribution < -0.4 is 0 Å². The van der Waals surface area contributed by atoms with Gasteiger partial charge in [-0.25, -0.2) is 0 Å². The van der Waals surface area contributed by atoms with Crippen LogP contribution in [0.25, 0.3) is 0 Å². The molecule has 1 aliphatic rings. The van der Waals surface area contributed by atoms with E-state index in [1.54, 1.807) is 24.3 Å². The molecule has 1 atom stereocenters. The largest absolute Gasteiger partial charge is 0.461 e. The van der Waals surface area contributed by atoms with Gasteiger partial charge in [0.15, 0.2) is 0 Å². The van der Waals surface area contributed by atoms with Gasteiger partial charge in [0.2, 0.25) is 0 Å². The molecule has 2 nitrogen and oxygen atoms in total. The maximum absolute atomic E-state index is 11.6. The maximum Gasteiger partial charge on any atom is 0.319 e. The SMILES string of the molecule is O=C1OCC=C(Cl)C1c1cccc(Cl)c1Cl. The van der Waals surface area contributed by atoms with Gasteiger partial charge in [-0.15, -0.1) is 0 Å². The minimum Gasteiger partial charge on any atom is -0.461 e. The smallest absolute Gasteiger partial charge is 0.319 e. The minimum absolute atomic E-state index is 0.201. The van der Waals surface area contributed by atoms with Crippen molar-refractivity contribution in [3.63, 3.8) is 0 Å². The van der Waals surface area contributed by atoms with E-state index < -0.39 is 11.9 Å². The number of hydrogen-bond donors (Lipinski definition) is 0. The average Bonchev–Trinajstić information content (AvgIpc) is 2.24. The Hall–Kier alpha value is -0.700. The molecule has 1 aliphatic heterocycles. The first kappa shape index (κ1) is 11.8. The number of esters is 1. The first-order chi connectivity index (χ1) is 7.61. The molecule has 0 saturated heterocycles. The number of cyclic esters (lactones) is 1. The molecule has 1 unspecified atom stereocenters. The monoisotopic (exact) mass is 276 g/mol. The molecule has 1 aromatic carbocycles. The molecule has 0 bridgehead atoms. The van der Waals surface area contributed by atoms with E-state index in [1.807, 2.05) is 0 Å². The fraction of sp³-hybridized carbons (Fsp3) is 0.182. The van der Waals surface area contributed by atoms with Gasteiger partial charge in [-0.2, -0.15) is 0 Å². The molecular weight excluding hydrogens is 270 g/mol. The van der Waals surface area contributed by atoms with Crippen molar-refractivity contribution in [2.45, 2.75) is 5.92 Å². The first-order valence-electron chi connectivity index (χ1n) is 4.57. The zero-order valence-corrected chi connectivity index (χ0v) is 10.3. The highest BCUT2D eigenvalue weighted by atomic mass is 35.5. The fourth-order valence-corrected chi connectivity index (χ4v) is 2.22. The topological polar surface area (TPSA) is 26.3 Å².